The number of rotatable bonds is 3. The van der Waals surface area contributed by atoms with Gasteiger partial charge in [-0.25, -0.2) is 9.79 Å². The van der Waals surface area contributed by atoms with Crippen molar-refractivity contribution in [3.05, 3.63) is 40.8 Å². The lowest BCUT2D eigenvalue weighted by molar-refractivity contribution is -0.138. The first-order valence-corrected chi connectivity index (χ1v) is 6.88. The van der Waals surface area contributed by atoms with Crippen molar-refractivity contribution in [2.45, 2.75) is 13.8 Å². The van der Waals surface area contributed by atoms with Crippen molar-refractivity contribution in [2.75, 3.05) is 13.4 Å². The van der Waals surface area contributed by atoms with Gasteiger partial charge in [0.25, 0.3) is 0 Å². The van der Waals surface area contributed by atoms with Crippen LogP contribution < -0.4 is 9.47 Å². The van der Waals surface area contributed by atoms with E-state index in [1.54, 1.807) is 32.1 Å². The molecule has 0 fully saturated rings. The van der Waals surface area contributed by atoms with E-state index in [4.69, 9.17) is 14.2 Å². The molecular formula is C16H15NO5. The van der Waals surface area contributed by atoms with Crippen LogP contribution in [0, 0.1) is 0 Å². The fourth-order valence-electron chi connectivity index (χ4n) is 2.30. The number of benzene rings is 1. The lowest BCUT2D eigenvalue weighted by Crippen LogP contribution is -2.13. The van der Waals surface area contributed by atoms with Crippen molar-refractivity contribution in [3.63, 3.8) is 0 Å². The maximum absolute atomic E-state index is 11.8. The van der Waals surface area contributed by atoms with E-state index in [2.05, 4.69) is 4.99 Å². The first-order chi connectivity index (χ1) is 10.6. The second-order valence-corrected chi connectivity index (χ2v) is 4.78. The molecule has 0 aliphatic carbocycles. The molecule has 0 bridgehead atoms. The maximum atomic E-state index is 11.8. The number of aliphatic imine (C=N–C) groups is 1. The molecule has 1 aromatic rings. The number of aliphatic hydroxyl groups is 1. The van der Waals surface area contributed by atoms with Crippen molar-refractivity contribution >= 4 is 17.8 Å². The van der Waals surface area contributed by atoms with E-state index in [9.17, 15) is 9.90 Å². The number of esters is 1. The SMILES string of the molecule is CCOC(=O)C1=C(O)/C(=C/c2ccc3c(c2)OCO3)N=C1C. The molecule has 2 aliphatic heterocycles. The highest BCUT2D eigenvalue weighted by Crippen LogP contribution is 2.34. The number of ether oxygens (including phenoxy) is 3. The molecule has 0 saturated carbocycles. The Labute approximate surface area is 127 Å². The molecule has 0 atom stereocenters. The first kappa shape index (κ1) is 14.2. The molecule has 0 radical (unpaired) electrons. The number of aliphatic hydroxyl groups excluding tert-OH is 1. The third-order valence-electron chi connectivity index (χ3n) is 3.31. The summed E-state index contributed by atoms with van der Waals surface area (Å²) in [5.41, 5.74) is 1.64. The second kappa shape index (κ2) is 5.55. The number of hydrogen-bond donors (Lipinski definition) is 1. The fourth-order valence-corrected chi connectivity index (χ4v) is 2.30. The van der Waals surface area contributed by atoms with Crippen LogP contribution in [0.3, 0.4) is 0 Å². The summed E-state index contributed by atoms with van der Waals surface area (Å²) in [6.07, 6.45) is 1.67. The van der Waals surface area contributed by atoms with Crippen molar-refractivity contribution in [1.29, 1.82) is 0 Å². The summed E-state index contributed by atoms with van der Waals surface area (Å²) in [6.45, 7) is 3.80. The van der Waals surface area contributed by atoms with Gasteiger partial charge in [-0.05, 0) is 37.6 Å². The highest BCUT2D eigenvalue weighted by atomic mass is 16.7. The van der Waals surface area contributed by atoms with Crippen LogP contribution in [-0.4, -0.2) is 30.2 Å². The summed E-state index contributed by atoms with van der Waals surface area (Å²) in [5.74, 6) is 0.575. The van der Waals surface area contributed by atoms with Gasteiger partial charge in [0.05, 0.1) is 12.3 Å². The summed E-state index contributed by atoms with van der Waals surface area (Å²) in [4.78, 5) is 16.1. The molecule has 2 aliphatic rings. The zero-order chi connectivity index (χ0) is 15.7. The van der Waals surface area contributed by atoms with Gasteiger partial charge in [0.2, 0.25) is 6.79 Å². The molecule has 0 amide bonds. The van der Waals surface area contributed by atoms with Gasteiger partial charge in [-0.1, -0.05) is 6.07 Å². The Balaban J connectivity index is 1.94. The topological polar surface area (TPSA) is 77.4 Å². The van der Waals surface area contributed by atoms with E-state index in [0.29, 0.717) is 22.9 Å². The van der Waals surface area contributed by atoms with E-state index >= 15 is 0 Å². The lowest BCUT2D eigenvalue weighted by Gasteiger charge is -2.03. The normalized spacial score (nSPS) is 17.9. The standard InChI is InChI=1S/C16H15NO5/c1-3-20-16(19)14-9(2)17-11(15(14)18)6-10-4-5-12-13(7-10)22-8-21-12/h4-7,18H,3,8H2,1-2H3/b11-6-. The van der Waals surface area contributed by atoms with Crippen molar-refractivity contribution < 1.29 is 24.1 Å². The molecule has 22 heavy (non-hydrogen) atoms. The van der Waals surface area contributed by atoms with Crippen LogP contribution in [0.4, 0.5) is 0 Å². The van der Waals surface area contributed by atoms with Gasteiger partial charge in [-0.3, -0.25) is 0 Å². The van der Waals surface area contributed by atoms with Gasteiger partial charge in [0, 0.05) is 0 Å². The summed E-state index contributed by atoms with van der Waals surface area (Å²) in [5, 5.41) is 10.2. The third kappa shape index (κ3) is 2.43. The first-order valence-electron chi connectivity index (χ1n) is 6.88. The average molecular weight is 301 g/mol. The minimum atomic E-state index is -0.574. The quantitative estimate of drug-likeness (QED) is 0.868. The van der Waals surface area contributed by atoms with Crippen LogP contribution in [0.15, 0.2) is 40.2 Å². The van der Waals surface area contributed by atoms with Gasteiger partial charge in [-0.15, -0.1) is 0 Å². The van der Waals surface area contributed by atoms with Crippen LogP contribution in [0.2, 0.25) is 0 Å². The number of carbonyl (C=O) groups is 1. The summed E-state index contributed by atoms with van der Waals surface area (Å²) in [6, 6.07) is 5.39. The summed E-state index contributed by atoms with van der Waals surface area (Å²) in [7, 11) is 0. The third-order valence-corrected chi connectivity index (χ3v) is 3.31. The lowest BCUT2D eigenvalue weighted by atomic mass is 10.1. The van der Waals surface area contributed by atoms with Gasteiger partial charge >= 0.3 is 5.97 Å². The molecule has 6 heteroatoms. The predicted molar refractivity (Wildman–Crippen MR) is 79.9 cm³/mol. The van der Waals surface area contributed by atoms with Crippen LogP contribution in [0.25, 0.3) is 6.08 Å². The number of nitrogens with zero attached hydrogens (tertiary/aromatic N) is 1. The van der Waals surface area contributed by atoms with E-state index in [1.807, 2.05) is 6.07 Å². The molecule has 114 valence electrons. The molecule has 1 N–H and O–H groups in total. The van der Waals surface area contributed by atoms with Crippen LogP contribution in [0.5, 0.6) is 11.5 Å². The Hall–Kier alpha value is -2.76. The Bertz CT molecular complexity index is 730. The Kier molecular flexibility index (Phi) is 3.58. The second-order valence-electron chi connectivity index (χ2n) is 4.78. The average Bonchev–Trinajstić information content (AvgIpc) is 3.04. The zero-order valence-corrected chi connectivity index (χ0v) is 12.3. The monoisotopic (exact) mass is 301 g/mol. The van der Waals surface area contributed by atoms with Gasteiger partial charge in [0.15, 0.2) is 17.3 Å². The largest absolute Gasteiger partial charge is 0.505 e. The van der Waals surface area contributed by atoms with E-state index in [1.165, 1.54) is 0 Å². The molecule has 0 spiro atoms. The molecule has 0 aromatic heterocycles. The number of carbonyl (C=O) groups excluding carboxylic acids is 1. The van der Waals surface area contributed by atoms with E-state index < -0.39 is 5.97 Å². The molecule has 1 aromatic carbocycles. The number of fused-ring (bicyclic) bond motifs is 1. The van der Waals surface area contributed by atoms with Crippen molar-refractivity contribution in [3.8, 4) is 11.5 Å². The minimum Gasteiger partial charge on any atom is -0.505 e. The van der Waals surface area contributed by atoms with Crippen molar-refractivity contribution in [2.24, 2.45) is 4.99 Å². The smallest absolute Gasteiger partial charge is 0.343 e. The van der Waals surface area contributed by atoms with E-state index in [-0.39, 0.29) is 24.7 Å². The zero-order valence-electron chi connectivity index (χ0n) is 12.3. The number of hydrogen-bond acceptors (Lipinski definition) is 6. The summed E-state index contributed by atoms with van der Waals surface area (Å²) < 4.78 is 15.5. The molecule has 0 unspecified atom stereocenters. The van der Waals surface area contributed by atoms with Crippen molar-refractivity contribution in [1.82, 2.24) is 0 Å². The van der Waals surface area contributed by atoms with Crippen LogP contribution in [-0.2, 0) is 9.53 Å². The van der Waals surface area contributed by atoms with Crippen LogP contribution >= 0.6 is 0 Å². The fraction of sp³-hybridized carbons (Fsp3) is 0.250. The molecular weight excluding hydrogens is 286 g/mol. The van der Waals surface area contributed by atoms with E-state index in [0.717, 1.165) is 5.56 Å². The highest BCUT2D eigenvalue weighted by Gasteiger charge is 2.27. The minimum absolute atomic E-state index is 0.105. The Morgan fingerprint density at radius 2 is 2.18 bits per heavy atom. The van der Waals surface area contributed by atoms with Gasteiger partial charge < -0.3 is 19.3 Å². The molecule has 0 saturated heterocycles. The summed E-state index contributed by atoms with van der Waals surface area (Å²) >= 11 is 0. The Morgan fingerprint density at radius 3 is 2.95 bits per heavy atom. The molecule has 3 rings (SSSR count). The van der Waals surface area contributed by atoms with Gasteiger partial charge in [0.1, 0.15) is 11.3 Å². The highest BCUT2D eigenvalue weighted by molar-refractivity contribution is 6.22. The van der Waals surface area contributed by atoms with Crippen LogP contribution in [0.1, 0.15) is 19.4 Å². The molecule has 2 heterocycles. The Morgan fingerprint density at radius 1 is 1.41 bits per heavy atom. The van der Waals surface area contributed by atoms with Gasteiger partial charge in [-0.2, -0.15) is 0 Å². The maximum Gasteiger partial charge on any atom is 0.343 e. The predicted octanol–water partition coefficient (Wildman–Crippen LogP) is 2.61. The molecule has 6 nitrogen and oxygen atoms in total.